The van der Waals surface area contributed by atoms with E-state index in [0.29, 0.717) is 5.92 Å². The van der Waals surface area contributed by atoms with Gasteiger partial charge < -0.3 is 9.73 Å². The molecule has 1 aliphatic heterocycles. The topological polar surface area (TPSA) is 38.1 Å². The molecule has 0 aliphatic carbocycles. The van der Waals surface area contributed by atoms with Crippen molar-refractivity contribution in [3.05, 3.63) is 40.8 Å². The number of benzene rings is 1. The summed E-state index contributed by atoms with van der Waals surface area (Å²) in [5.74, 6) is 2.36. The lowest BCUT2D eigenvalue weighted by Crippen LogP contribution is -2.43. The van der Waals surface area contributed by atoms with Gasteiger partial charge in [-0.3, -0.25) is 0 Å². The zero-order valence-electron chi connectivity index (χ0n) is 9.32. The summed E-state index contributed by atoms with van der Waals surface area (Å²) in [6, 6.07) is 8.06. The zero-order valence-corrected chi connectivity index (χ0v) is 10.9. The lowest BCUT2D eigenvalue weighted by molar-refractivity contribution is 0.319. The van der Waals surface area contributed by atoms with E-state index in [0.717, 1.165) is 41.2 Å². The van der Waals surface area contributed by atoms with Crippen LogP contribution in [-0.4, -0.2) is 18.1 Å². The van der Waals surface area contributed by atoms with Crippen LogP contribution in [0.4, 0.5) is 0 Å². The van der Waals surface area contributed by atoms with E-state index in [9.17, 15) is 0 Å². The summed E-state index contributed by atoms with van der Waals surface area (Å²) in [5.41, 5.74) is 1.06. The van der Waals surface area contributed by atoms with Gasteiger partial charge in [0.1, 0.15) is 0 Å². The van der Waals surface area contributed by atoms with E-state index in [4.69, 9.17) is 4.42 Å². The Bertz CT molecular complexity index is 520. The monoisotopic (exact) mass is 292 g/mol. The predicted octanol–water partition coefficient (Wildman–Crippen LogP) is 2.87. The molecule has 3 nitrogen and oxygen atoms in total. The Hall–Kier alpha value is -1.13. The van der Waals surface area contributed by atoms with Gasteiger partial charge in [0, 0.05) is 16.5 Å². The molecule has 0 atom stereocenters. The minimum absolute atomic E-state index is 0.684. The highest BCUT2D eigenvalue weighted by atomic mass is 79.9. The molecule has 0 amide bonds. The Morgan fingerprint density at radius 3 is 3.00 bits per heavy atom. The van der Waals surface area contributed by atoms with Crippen LogP contribution < -0.4 is 5.32 Å². The lowest BCUT2D eigenvalue weighted by atomic mass is 10.00. The largest absolute Gasteiger partial charge is 0.441 e. The molecule has 1 aromatic carbocycles. The van der Waals surface area contributed by atoms with Crippen molar-refractivity contribution in [3.63, 3.8) is 0 Å². The van der Waals surface area contributed by atoms with E-state index in [1.54, 1.807) is 0 Å². The summed E-state index contributed by atoms with van der Waals surface area (Å²) in [7, 11) is 0. The number of nitrogens with zero attached hydrogens (tertiary/aromatic N) is 1. The Labute approximate surface area is 108 Å². The van der Waals surface area contributed by atoms with Crippen LogP contribution >= 0.6 is 15.9 Å². The third-order valence-electron chi connectivity index (χ3n) is 2.99. The number of hydrogen-bond donors (Lipinski definition) is 1. The summed E-state index contributed by atoms with van der Waals surface area (Å²) in [4.78, 5) is 4.33. The van der Waals surface area contributed by atoms with Crippen molar-refractivity contribution in [2.75, 3.05) is 13.1 Å². The van der Waals surface area contributed by atoms with Gasteiger partial charge in [-0.15, -0.1) is 0 Å². The van der Waals surface area contributed by atoms with Crippen molar-refractivity contribution in [2.24, 2.45) is 5.92 Å². The van der Waals surface area contributed by atoms with Gasteiger partial charge in [-0.05, 0) is 31.1 Å². The van der Waals surface area contributed by atoms with Gasteiger partial charge >= 0.3 is 0 Å². The van der Waals surface area contributed by atoms with Crippen LogP contribution in [0.1, 0.15) is 5.89 Å². The molecule has 2 aromatic rings. The fourth-order valence-corrected chi connectivity index (χ4v) is 2.32. The van der Waals surface area contributed by atoms with Crippen LogP contribution in [0, 0.1) is 5.92 Å². The van der Waals surface area contributed by atoms with Gasteiger partial charge in [-0.2, -0.15) is 0 Å². The SMILES string of the molecule is Brc1cccc(-c2cnc(CC3CNC3)o2)c1. The van der Waals surface area contributed by atoms with Gasteiger partial charge in [0.15, 0.2) is 11.7 Å². The minimum atomic E-state index is 0.684. The standard InChI is InChI=1S/C13H13BrN2O/c14-11-3-1-2-10(5-11)12-8-16-13(17-12)4-9-6-15-7-9/h1-3,5,8-9,15H,4,6-7H2. The second-order valence-electron chi connectivity index (χ2n) is 4.36. The molecule has 1 fully saturated rings. The van der Waals surface area contributed by atoms with Gasteiger partial charge in [-0.25, -0.2) is 4.98 Å². The fourth-order valence-electron chi connectivity index (χ4n) is 1.92. The van der Waals surface area contributed by atoms with Crippen LogP contribution in [0.25, 0.3) is 11.3 Å². The number of hydrogen-bond acceptors (Lipinski definition) is 3. The van der Waals surface area contributed by atoms with Crippen molar-refractivity contribution in [1.82, 2.24) is 10.3 Å². The van der Waals surface area contributed by atoms with Gasteiger partial charge in [0.05, 0.1) is 6.20 Å². The summed E-state index contributed by atoms with van der Waals surface area (Å²) in [6.45, 7) is 2.16. The summed E-state index contributed by atoms with van der Waals surface area (Å²) in [6.07, 6.45) is 2.74. The average Bonchev–Trinajstić information content (AvgIpc) is 2.72. The van der Waals surface area contributed by atoms with Crippen molar-refractivity contribution in [2.45, 2.75) is 6.42 Å². The molecular formula is C13H13BrN2O. The Kier molecular flexibility index (Phi) is 2.99. The zero-order chi connectivity index (χ0) is 11.7. The van der Waals surface area contributed by atoms with Crippen LogP contribution in [0.5, 0.6) is 0 Å². The average molecular weight is 293 g/mol. The van der Waals surface area contributed by atoms with Crippen LogP contribution in [0.15, 0.2) is 39.4 Å². The molecule has 2 heterocycles. The first-order valence-corrected chi connectivity index (χ1v) is 6.52. The van der Waals surface area contributed by atoms with Crippen molar-refractivity contribution in [1.29, 1.82) is 0 Å². The second-order valence-corrected chi connectivity index (χ2v) is 5.27. The molecule has 4 heteroatoms. The maximum absolute atomic E-state index is 5.77. The molecule has 3 rings (SSSR count). The first-order valence-electron chi connectivity index (χ1n) is 5.72. The fraction of sp³-hybridized carbons (Fsp3) is 0.308. The second kappa shape index (κ2) is 4.63. The number of nitrogens with one attached hydrogen (secondary N) is 1. The highest BCUT2D eigenvalue weighted by Crippen LogP contribution is 2.24. The molecule has 17 heavy (non-hydrogen) atoms. The smallest absolute Gasteiger partial charge is 0.195 e. The molecule has 88 valence electrons. The highest BCUT2D eigenvalue weighted by Gasteiger charge is 2.19. The minimum Gasteiger partial charge on any atom is -0.441 e. The molecule has 0 saturated carbocycles. The first-order chi connectivity index (χ1) is 8.31. The third-order valence-corrected chi connectivity index (χ3v) is 3.49. The molecule has 0 radical (unpaired) electrons. The third kappa shape index (κ3) is 2.42. The Balaban J connectivity index is 1.79. The van der Waals surface area contributed by atoms with Gasteiger partial charge in [0.25, 0.3) is 0 Å². The summed E-state index contributed by atoms with van der Waals surface area (Å²) >= 11 is 3.46. The van der Waals surface area contributed by atoms with Gasteiger partial charge in [-0.1, -0.05) is 28.1 Å². The van der Waals surface area contributed by atoms with Crippen molar-refractivity contribution in [3.8, 4) is 11.3 Å². The summed E-state index contributed by atoms with van der Waals surface area (Å²) in [5, 5.41) is 3.25. The molecule has 0 unspecified atom stereocenters. The highest BCUT2D eigenvalue weighted by molar-refractivity contribution is 9.10. The van der Waals surface area contributed by atoms with E-state index in [1.807, 2.05) is 30.5 Å². The maximum Gasteiger partial charge on any atom is 0.195 e. The maximum atomic E-state index is 5.77. The molecule has 1 aliphatic rings. The Morgan fingerprint density at radius 1 is 1.41 bits per heavy atom. The quantitative estimate of drug-likeness (QED) is 0.945. The summed E-state index contributed by atoms with van der Waals surface area (Å²) < 4.78 is 6.82. The molecule has 0 bridgehead atoms. The Morgan fingerprint density at radius 2 is 2.29 bits per heavy atom. The molecule has 0 spiro atoms. The normalized spacial score (nSPS) is 15.8. The molecule has 1 N–H and O–H groups in total. The number of oxazole rings is 1. The van der Waals surface area contributed by atoms with E-state index < -0.39 is 0 Å². The molecular weight excluding hydrogens is 280 g/mol. The van der Waals surface area contributed by atoms with E-state index in [2.05, 4.69) is 26.2 Å². The molecule has 1 aromatic heterocycles. The van der Waals surface area contributed by atoms with E-state index in [1.165, 1.54) is 0 Å². The number of aromatic nitrogens is 1. The van der Waals surface area contributed by atoms with Crippen molar-refractivity contribution < 1.29 is 4.42 Å². The van der Waals surface area contributed by atoms with Crippen molar-refractivity contribution >= 4 is 15.9 Å². The number of halogens is 1. The van der Waals surface area contributed by atoms with Crippen LogP contribution in [0.2, 0.25) is 0 Å². The number of rotatable bonds is 3. The van der Waals surface area contributed by atoms with Crippen LogP contribution in [-0.2, 0) is 6.42 Å². The first kappa shape index (κ1) is 11.0. The van der Waals surface area contributed by atoms with Gasteiger partial charge in [0.2, 0.25) is 0 Å². The lowest BCUT2D eigenvalue weighted by Gasteiger charge is -2.25. The predicted molar refractivity (Wildman–Crippen MR) is 69.7 cm³/mol. The van der Waals surface area contributed by atoms with E-state index in [-0.39, 0.29) is 0 Å². The molecule has 1 saturated heterocycles. The van der Waals surface area contributed by atoms with E-state index >= 15 is 0 Å². The van der Waals surface area contributed by atoms with Crippen LogP contribution in [0.3, 0.4) is 0 Å².